The second-order valence-corrected chi connectivity index (χ2v) is 8.77. The highest BCUT2D eigenvalue weighted by Crippen LogP contribution is 2.24. The number of nitro groups is 1. The SMILES string of the molecule is Cc1cc(OCc2ccc(C(=O)N3CCN(Cc4ccccc4Br)CC3)o2)ccc1[N+](=O)[O-]. The van der Waals surface area contributed by atoms with E-state index in [0.717, 1.165) is 24.1 Å². The highest BCUT2D eigenvalue weighted by atomic mass is 79.9. The van der Waals surface area contributed by atoms with E-state index in [2.05, 4.69) is 26.9 Å². The van der Waals surface area contributed by atoms with Gasteiger partial charge in [0.1, 0.15) is 18.1 Å². The zero-order chi connectivity index (χ0) is 23.4. The van der Waals surface area contributed by atoms with E-state index in [4.69, 9.17) is 9.15 Å². The molecule has 1 aromatic heterocycles. The minimum atomic E-state index is -0.427. The van der Waals surface area contributed by atoms with Gasteiger partial charge in [0.05, 0.1) is 4.92 Å². The zero-order valence-corrected chi connectivity index (χ0v) is 19.8. The van der Waals surface area contributed by atoms with Crippen molar-refractivity contribution in [1.82, 2.24) is 9.80 Å². The molecule has 1 saturated heterocycles. The number of piperazine rings is 1. The van der Waals surface area contributed by atoms with Gasteiger partial charge in [-0.2, -0.15) is 0 Å². The number of aryl methyl sites for hydroxylation is 1. The third kappa shape index (κ3) is 5.61. The van der Waals surface area contributed by atoms with Gasteiger partial charge in [-0.25, -0.2) is 0 Å². The van der Waals surface area contributed by atoms with Gasteiger partial charge in [-0.05, 0) is 42.8 Å². The maximum atomic E-state index is 12.9. The van der Waals surface area contributed by atoms with Crippen LogP contribution in [0, 0.1) is 17.0 Å². The molecule has 1 fully saturated rings. The molecule has 3 aromatic rings. The third-order valence-corrected chi connectivity index (χ3v) is 6.40. The third-order valence-electron chi connectivity index (χ3n) is 5.63. The molecule has 0 N–H and O–H groups in total. The van der Waals surface area contributed by atoms with Crippen LogP contribution in [0.4, 0.5) is 5.69 Å². The fourth-order valence-electron chi connectivity index (χ4n) is 3.78. The molecule has 1 aliphatic rings. The smallest absolute Gasteiger partial charge is 0.289 e. The first kappa shape index (κ1) is 23.0. The van der Waals surface area contributed by atoms with Crippen molar-refractivity contribution in [2.24, 2.45) is 0 Å². The molecule has 2 heterocycles. The molecular formula is C24H24BrN3O5. The van der Waals surface area contributed by atoms with Crippen LogP contribution in [0.3, 0.4) is 0 Å². The van der Waals surface area contributed by atoms with Crippen LogP contribution in [-0.4, -0.2) is 46.8 Å². The molecule has 0 atom stereocenters. The minimum Gasteiger partial charge on any atom is -0.486 e. The molecule has 33 heavy (non-hydrogen) atoms. The van der Waals surface area contributed by atoms with E-state index in [1.807, 2.05) is 18.2 Å². The van der Waals surface area contributed by atoms with Gasteiger partial charge >= 0.3 is 0 Å². The van der Waals surface area contributed by atoms with Gasteiger partial charge in [0, 0.05) is 48.8 Å². The Morgan fingerprint density at radius 3 is 2.58 bits per heavy atom. The van der Waals surface area contributed by atoms with Crippen LogP contribution >= 0.6 is 15.9 Å². The normalized spacial score (nSPS) is 14.3. The van der Waals surface area contributed by atoms with Crippen molar-refractivity contribution in [2.45, 2.75) is 20.1 Å². The molecule has 0 bridgehead atoms. The Morgan fingerprint density at radius 2 is 1.88 bits per heavy atom. The molecule has 8 nitrogen and oxygen atoms in total. The Morgan fingerprint density at radius 1 is 1.12 bits per heavy atom. The lowest BCUT2D eigenvalue weighted by Gasteiger charge is -2.34. The largest absolute Gasteiger partial charge is 0.486 e. The summed E-state index contributed by atoms with van der Waals surface area (Å²) in [6, 6.07) is 16.1. The molecule has 0 unspecified atom stereocenters. The standard InChI is InChI=1S/C24H24BrN3O5/c1-17-14-19(6-8-22(17)28(30)31)32-16-20-7-9-23(33-20)24(29)27-12-10-26(11-13-27)15-18-4-2-3-5-21(18)25/h2-9,14H,10-13,15-16H2,1H3. The number of nitrogens with zero attached hydrogens (tertiary/aromatic N) is 3. The van der Waals surface area contributed by atoms with Crippen LogP contribution in [0.2, 0.25) is 0 Å². The average Bonchev–Trinajstić information content (AvgIpc) is 3.28. The second kappa shape index (κ2) is 10.2. The molecule has 0 saturated carbocycles. The summed E-state index contributed by atoms with van der Waals surface area (Å²) < 4.78 is 12.5. The Balaban J connectivity index is 1.29. The van der Waals surface area contributed by atoms with Crippen LogP contribution < -0.4 is 4.74 Å². The number of hydrogen-bond acceptors (Lipinski definition) is 6. The van der Waals surface area contributed by atoms with Crippen molar-refractivity contribution in [1.29, 1.82) is 0 Å². The summed E-state index contributed by atoms with van der Waals surface area (Å²) in [6.07, 6.45) is 0. The molecule has 0 aliphatic carbocycles. The van der Waals surface area contributed by atoms with E-state index in [1.54, 1.807) is 36.1 Å². The van der Waals surface area contributed by atoms with E-state index >= 15 is 0 Å². The van der Waals surface area contributed by atoms with E-state index in [9.17, 15) is 14.9 Å². The van der Waals surface area contributed by atoms with E-state index in [-0.39, 0.29) is 24.0 Å². The van der Waals surface area contributed by atoms with Crippen molar-refractivity contribution in [2.75, 3.05) is 26.2 Å². The molecule has 0 spiro atoms. The first-order valence-electron chi connectivity index (χ1n) is 10.6. The summed E-state index contributed by atoms with van der Waals surface area (Å²) in [4.78, 5) is 27.5. The minimum absolute atomic E-state index is 0.0460. The number of ether oxygens (including phenoxy) is 1. The van der Waals surface area contributed by atoms with E-state index in [0.29, 0.717) is 30.2 Å². The summed E-state index contributed by atoms with van der Waals surface area (Å²) in [7, 11) is 0. The van der Waals surface area contributed by atoms with Crippen molar-refractivity contribution < 1.29 is 18.9 Å². The van der Waals surface area contributed by atoms with Gasteiger partial charge in [-0.3, -0.25) is 19.8 Å². The molecule has 1 amide bonds. The average molecular weight is 514 g/mol. The second-order valence-electron chi connectivity index (χ2n) is 7.92. The fraction of sp³-hybridized carbons (Fsp3) is 0.292. The van der Waals surface area contributed by atoms with Gasteiger partial charge in [0.25, 0.3) is 11.6 Å². The van der Waals surface area contributed by atoms with Gasteiger partial charge in [-0.15, -0.1) is 0 Å². The first-order chi connectivity index (χ1) is 15.9. The molecular weight excluding hydrogens is 490 g/mol. The molecule has 1 aliphatic heterocycles. The number of carbonyl (C=O) groups is 1. The maximum absolute atomic E-state index is 12.9. The van der Waals surface area contributed by atoms with Crippen molar-refractivity contribution in [3.05, 3.63) is 91.8 Å². The monoisotopic (exact) mass is 513 g/mol. The highest BCUT2D eigenvalue weighted by Gasteiger charge is 2.24. The number of nitro benzene ring substituents is 1. The van der Waals surface area contributed by atoms with Crippen LogP contribution in [0.15, 0.2) is 63.5 Å². The summed E-state index contributed by atoms with van der Waals surface area (Å²) in [5, 5.41) is 10.9. The lowest BCUT2D eigenvalue weighted by molar-refractivity contribution is -0.385. The number of hydrogen-bond donors (Lipinski definition) is 0. The van der Waals surface area contributed by atoms with E-state index < -0.39 is 4.92 Å². The van der Waals surface area contributed by atoms with Crippen LogP contribution in [0.5, 0.6) is 5.75 Å². The Kier molecular flexibility index (Phi) is 7.10. The molecule has 0 radical (unpaired) electrons. The topological polar surface area (TPSA) is 89.1 Å². The number of halogens is 1. The maximum Gasteiger partial charge on any atom is 0.289 e. The lowest BCUT2D eigenvalue weighted by atomic mass is 10.2. The lowest BCUT2D eigenvalue weighted by Crippen LogP contribution is -2.48. The number of furan rings is 1. The molecule has 4 rings (SSSR count). The number of benzene rings is 2. The van der Waals surface area contributed by atoms with Gasteiger partial charge in [0.2, 0.25) is 0 Å². The first-order valence-corrected chi connectivity index (χ1v) is 11.4. The van der Waals surface area contributed by atoms with Gasteiger partial charge < -0.3 is 14.1 Å². The van der Waals surface area contributed by atoms with Crippen LogP contribution in [0.1, 0.15) is 27.4 Å². The summed E-state index contributed by atoms with van der Waals surface area (Å²) in [5.41, 5.74) is 1.80. The van der Waals surface area contributed by atoms with Gasteiger partial charge in [-0.1, -0.05) is 34.1 Å². The van der Waals surface area contributed by atoms with Crippen molar-refractivity contribution in [3.8, 4) is 5.75 Å². The van der Waals surface area contributed by atoms with Gasteiger partial charge in [0.15, 0.2) is 5.76 Å². The quantitative estimate of drug-likeness (QED) is 0.333. The molecule has 9 heteroatoms. The number of carbonyl (C=O) groups excluding carboxylic acids is 1. The zero-order valence-electron chi connectivity index (χ0n) is 18.2. The fourth-order valence-corrected chi connectivity index (χ4v) is 4.19. The molecule has 172 valence electrons. The van der Waals surface area contributed by atoms with Crippen molar-refractivity contribution in [3.63, 3.8) is 0 Å². The summed E-state index contributed by atoms with van der Waals surface area (Å²) in [5.74, 6) is 1.17. The van der Waals surface area contributed by atoms with Crippen molar-refractivity contribution >= 4 is 27.5 Å². The number of amides is 1. The summed E-state index contributed by atoms with van der Waals surface area (Å²) in [6.45, 7) is 5.49. The predicted octanol–water partition coefficient (Wildman–Crippen LogP) is 4.80. The van der Waals surface area contributed by atoms with Crippen LogP contribution in [-0.2, 0) is 13.2 Å². The Hall–Kier alpha value is -3.17. The number of rotatable bonds is 7. The Bertz CT molecular complexity index is 1150. The summed E-state index contributed by atoms with van der Waals surface area (Å²) >= 11 is 3.59. The van der Waals surface area contributed by atoms with E-state index in [1.165, 1.54) is 11.6 Å². The predicted molar refractivity (Wildman–Crippen MR) is 126 cm³/mol. The Labute approximate surface area is 200 Å². The van der Waals surface area contributed by atoms with Crippen LogP contribution in [0.25, 0.3) is 0 Å². The molecule has 2 aromatic carbocycles. The highest BCUT2D eigenvalue weighted by molar-refractivity contribution is 9.10.